The van der Waals surface area contributed by atoms with E-state index < -0.39 is 0 Å². The molecular weight excluding hydrogens is 360 g/mol. The van der Waals surface area contributed by atoms with Gasteiger partial charge in [-0.1, -0.05) is 6.07 Å². The number of carbonyl (C=O) groups is 1. The Morgan fingerprint density at radius 1 is 1.26 bits per heavy atom. The molecule has 0 aromatic carbocycles. The SMILES string of the molecule is CN=C(NCCC(=O)Nc1ccc(C)cn1)N1CCN(c2cccs2)CC1. The number of nitrogens with zero attached hydrogens (tertiary/aromatic N) is 4. The fraction of sp³-hybridized carbons (Fsp3) is 0.421. The molecule has 1 saturated heterocycles. The molecule has 1 amide bonds. The molecule has 0 aliphatic carbocycles. The van der Waals surface area contributed by atoms with Crippen molar-refractivity contribution in [1.82, 2.24) is 15.2 Å². The Morgan fingerprint density at radius 2 is 2.07 bits per heavy atom. The number of nitrogens with one attached hydrogen (secondary N) is 2. The van der Waals surface area contributed by atoms with Crippen LogP contribution in [0.1, 0.15) is 12.0 Å². The Kier molecular flexibility index (Phi) is 6.64. The zero-order chi connectivity index (χ0) is 19.1. The molecule has 2 aromatic rings. The number of guanidine groups is 1. The first kappa shape index (κ1) is 19.2. The molecule has 144 valence electrons. The number of thiophene rings is 1. The Balaban J connectivity index is 1.40. The van der Waals surface area contributed by atoms with Crippen molar-refractivity contribution in [3.05, 3.63) is 41.4 Å². The van der Waals surface area contributed by atoms with Crippen molar-refractivity contribution in [1.29, 1.82) is 0 Å². The minimum Gasteiger partial charge on any atom is -0.360 e. The second-order valence-corrected chi connectivity index (χ2v) is 7.34. The molecule has 3 rings (SSSR count). The van der Waals surface area contributed by atoms with Crippen molar-refractivity contribution < 1.29 is 4.79 Å². The van der Waals surface area contributed by atoms with Gasteiger partial charge in [-0.3, -0.25) is 9.79 Å². The van der Waals surface area contributed by atoms with Gasteiger partial charge < -0.3 is 20.4 Å². The second kappa shape index (κ2) is 9.36. The molecule has 0 unspecified atom stereocenters. The van der Waals surface area contributed by atoms with Crippen molar-refractivity contribution in [2.75, 3.05) is 50.0 Å². The van der Waals surface area contributed by atoms with E-state index in [2.05, 4.69) is 47.9 Å². The van der Waals surface area contributed by atoms with Gasteiger partial charge in [-0.15, -0.1) is 11.3 Å². The Bertz CT molecular complexity index is 751. The number of anilines is 2. The molecule has 1 aliphatic rings. The van der Waals surface area contributed by atoms with Gasteiger partial charge in [0.25, 0.3) is 0 Å². The van der Waals surface area contributed by atoms with Crippen molar-refractivity contribution in [3.8, 4) is 0 Å². The largest absolute Gasteiger partial charge is 0.360 e. The van der Waals surface area contributed by atoms with Crippen LogP contribution in [0.25, 0.3) is 0 Å². The van der Waals surface area contributed by atoms with Crippen LogP contribution in [0.4, 0.5) is 10.8 Å². The summed E-state index contributed by atoms with van der Waals surface area (Å²) >= 11 is 1.78. The van der Waals surface area contributed by atoms with E-state index in [0.717, 1.165) is 37.7 Å². The lowest BCUT2D eigenvalue weighted by Crippen LogP contribution is -2.52. The Morgan fingerprint density at radius 3 is 2.70 bits per heavy atom. The number of piperazine rings is 1. The molecule has 1 aliphatic heterocycles. The van der Waals surface area contributed by atoms with Gasteiger partial charge in [0, 0.05) is 52.4 Å². The number of amides is 1. The van der Waals surface area contributed by atoms with Gasteiger partial charge in [0.05, 0.1) is 5.00 Å². The van der Waals surface area contributed by atoms with Crippen LogP contribution in [0.15, 0.2) is 40.8 Å². The second-order valence-electron chi connectivity index (χ2n) is 6.42. The van der Waals surface area contributed by atoms with Crippen molar-refractivity contribution >= 4 is 34.0 Å². The van der Waals surface area contributed by atoms with Crippen molar-refractivity contribution in [2.45, 2.75) is 13.3 Å². The van der Waals surface area contributed by atoms with Crippen LogP contribution < -0.4 is 15.5 Å². The fourth-order valence-corrected chi connectivity index (χ4v) is 3.74. The average Bonchev–Trinajstić information content (AvgIpc) is 3.22. The number of aromatic nitrogens is 1. The number of aliphatic imine (C=N–C) groups is 1. The van der Waals surface area contributed by atoms with E-state index in [-0.39, 0.29) is 5.91 Å². The maximum atomic E-state index is 12.1. The van der Waals surface area contributed by atoms with Crippen LogP contribution in [-0.4, -0.2) is 61.5 Å². The third kappa shape index (κ3) is 5.43. The minimum absolute atomic E-state index is 0.0585. The average molecular weight is 387 g/mol. The molecule has 0 radical (unpaired) electrons. The van der Waals surface area contributed by atoms with Gasteiger partial charge in [-0.05, 0) is 36.1 Å². The van der Waals surface area contributed by atoms with E-state index in [1.807, 2.05) is 19.1 Å². The molecule has 1 fully saturated rings. The minimum atomic E-state index is -0.0585. The summed E-state index contributed by atoms with van der Waals surface area (Å²) in [6, 6.07) is 7.99. The fourth-order valence-electron chi connectivity index (χ4n) is 2.96. The molecule has 0 saturated carbocycles. The van der Waals surface area contributed by atoms with Crippen LogP contribution in [-0.2, 0) is 4.79 Å². The summed E-state index contributed by atoms with van der Waals surface area (Å²) in [5.41, 5.74) is 1.07. The Labute approximate surface area is 164 Å². The first-order valence-corrected chi connectivity index (χ1v) is 10.0. The lowest BCUT2D eigenvalue weighted by molar-refractivity contribution is -0.116. The highest BCUT2D eigenvalue weighted by Crippen LogP contribution is 2.22. The number of hydrogen-bond acceptors (Lipinski definition) is 5. The lowest BCUT2D eigenvalue weighted by Gasteiger charge is -2.37. The predicted octanol–water partition coefficient (Wildman–Crippen LogP) is 2.18. The maximum absolute atomic E-state index is 12.1. The highest BCUT2D eigenvalue weighted by molar-refractivity contribution is 7.14. The van der Waals surface area contributed by atoms with Crippen LogP contribution in [0.2, 0.25) is 0 Å². The summed E-state index contributed by atoms with van der Waals surface area (Å²) in [5, 5.41) is 9.54. The van der Waals surface area contributed by atoms with Crippen LogP contribution in [0.3, 0.4) is 0 Å². The molecule has 2 N–H and O–H groups in total. The molecule has 0 bridgehead atoms. The summed E-state index contributed by atoms with van der Waals surface area (Å²) in [5.74, 6) is 1.37. The third-order valence-corrected chi connectivity index (χ3v) is 5.35. The predicted molar refractivity (Wildman–Crippen MR) is 112 cm³/mol. The quantitative estimate of drug-likeness (QED) is 0.609. The third-order valence-electron chi connectivity index (χ3n) is 4.42. The molecule has 2 aromatic heterocycles. The van der Waals surface area contributed by atoms with Gasteiger partial charge in [0.2, 0.25) is 5.91 Å². The lowest BCUT2D eigenvalue weighted by atomic mass is 10.3. The monoisotopic (exact) mass is 386 g/mol. The van der Waals surface area contributed by atoms with E-state index >= 15 is 0 Å². The smallest absolute Gasteiger partial charge is 0.227 e. The summed E-state index contributed by atoms with van der Waals surface area (Å²) in [6.07, 6.45) is 2.11. The topological polar surface area (TPSA) is 72.9 Å². The number of pyridine rings is 1. The van der Waals surface area contributed by atoms with Crippen molar-refractivity contribution in [2.24, 2.45) is 4.99 Å². The summed E-state index contributed by atoms with van der Waals surface area (Å²) in [6.45, 7) is 6.28. The zero-order valence-corrected chi connectivity index (χ0v) is 16.6. The summed E-state index contributed by atoms with van der Waals surface area (Å²) in [4.78, 5) is 25.3. The molecule has 3 heterocycles. The number of carbonyl (C=O) groups excluding carboxylic acids is 1. The number of aryl methyl sites for hydroxylation is 1. The van der Waals surface area contributed by atoms with E-state index in [9.17, 15) is 4.79 Å². The molecule has 0 atom stereocenters. The highest BCUT2D eigenvalue weighted by Gasteiger charge is 2.20. The van der Waals surface area contributed by atoms with Crippen LogP contribution in [0, 0.1) is 6.92 Å². The molecule has 8 heteroatoms. The van der Waals surface area contributed by atoms with Gasteiger partial charge in [0.15, 0.2) is 5.96 Å². The zero-order valence-electron chi connectivity index (χ0n) is 15.8. The molecule has 27 heavy (non-hydrogen) atoms. The summed E-state index contributed by atoms with van der Waals surface area (Å²) in [7, 11) is 1.78. The van der Waals surface area contributed by atoms with Crippen LogP contribution >= 0.6 is 11.3 Å². The van der Waals surface area contributed by atoms with E-state index in [1.165, 1.54) is 5.00 Å². The number of hydrogen-bond donors (Lipinski definition) is 2. The van der Waals surface area contributed by atoms with Crippen molar-refractivity contribution in [3.63, 3.8) is 0 Å². The number of rotatable bonds is 5. The van der Waals surface area contributed by atoms with Gasteiger partial charge in [-0.25, -0.2) is 4.98 Å². The molecular formula is C19H26N6OS. The van der Waals surface area contributed by atoms with Gasteiger partial charge >= 0.3 is 0 Å². The summed E-state index contributed by atoms with van der Waals surface area (Å²) < 4.78 is 0. The van der Waals surface area contributed by atoms with Gasteiger partial charge in [0.1, 0.15) is 5.82 Å². The first-order valence-electron chi connectivity index (χ1n) is 9.12. The van der Waals surface area contributed by atoms with E-state index in [0.29, 0.717) is 18.8 Å². The van der Waals surface area contributed by atoms with E-state index in [1.54, 1.807) is 24.6 Å². The van der Waals surface area contributed by atoms with Crippen LogP contribution in [0.5, 0.6) is 0 Å². The Hall–Kier alpha value is -2.61. The van der Waals surface area contributed by atoms with Gasteiger partial charge in [-0.2, -0.15) is 0 Å². The van der Waals surface area contributed by atoms with E-state index in [4.69, 9.17) is 0 Å². The molecule has 7 nitrogen and oxygen atoms in total. The first-order chi connectivity index (χ1) is 13.2. The normalized spacial score (nSPS) is 15.0. The standard InChI is InChI=1S/C19H26N6OS/c1-15-5-6-16(22-14-15)23-17(26)7-8-21-19(20-2)25-11-9-24(10-12-25)18-4-3-13-27-18/h3-6,13-14H,7-12H2,1-2H3,(H,20,21)(H,22,23,26). The highest BCUT2D eigenvalue weighted by atomic mass is 32.1. The maximum Gasteiger partial charge on any atom is 0.227 e. The molecule has 0 spiro atoms.